The highest BCUT2D eigenvalue weighted by Gasteiger charge is 2.18. The molecule has 0 amide bonds. The molecule has 1 aromatic carbocycles. The first kappa shape index (κ1) is 14.1. The van der Waals surface area contributed by atoms with Gasteiger partial charge in [0.1, 0.15) is 0 Å². The van der Waals surface area contributed by atoms with Crippen molar-refractivity contribution in [2.45, 2.75) is 39.2 Å². The molecular weight excluding hydrogens is 238 g/mol. The van der Waals surface area contributed by atoms with Crippen LogP contribution in [0.2, 0.25) is 0 Å². The van der Waals surface area contributed by atoms with Crippen molar-refractivity contribution in [1.82, 2.24) is 5.32 Å². The molecule has 104 valence electrons. The zero-order valence-corrected chi connectivity index (χ0v) is 11.6. The molecule has 3 nitrogen and oxygen atoms in total. The van der Waals surface area contributed by atoms with Crippen molar-refractivity contribution in [3.05, 3.63) is 35.4 Å². The zero-order valence-electron chi connectivity index (χ0n) is 11.6. The van der Waals surface area contributed by atoms with Gasteiger partial charge in [0.15, 0.2) is 0 Å². The molecule has 0 bridgehead atoms. The zero-order chi connectivity index (χ0) is 13.7. The first-order chi connectivity index (χ1) is 9.15. The van der Waals surface area contributed by atoms with E-state index < -0.39 is 5.97 Å². The van der Waals surface area contributed by atoms with Crippen molar-refractivity contribution >= 4 is 5.97 Å². The topological polar surface area (TPSA) is 49.3 Å². The van der Waals surface area contributed by atoms with E-state index in [1.807, 2.05) is 12.1 Å². The SMILES string of the molecule is CC1CCCC(CNCc2ccc(C(=O)O)cc2)C1. The summed E-state index contributed by atoms with van der Waals surface area (Å²) in [6, 6.07) is 7.12. The highest BCUT2D eigenvalue weighted by Crippen LogP contribution is 2.27. The van der Waals surface area contributed by atoms with Crippen LogP contribution in [0, 0.1) is 11.8 Å². The van der Waals surface area contributed by atoms with Crippen LogP contribution < -0.4 is 5.32 Å². The van der Waals surface area contributed by atoms with E-state index in [0.29, 0.717) is 5.56 Å². The Morgan fingerprint density at radius 2 is 2.05 bits per heavy atom. The molecule has 2 atom stereocenters. The number of aromatic carboxylic acids is 1. The molecule has 2 N–H and O–H groups in total. The minimum atomic E-state index is -0.865. The van der Waals surface area contributed by atoms with E-state index >= 15 is 0 Å². The van der Waals surface area contributed by atoms with Crippen LogP contribution >= 0.6 is 0 Å². The predicted octanol–water partition coefficient (Wildman–Crippen LogP) is 3.30. The van der Waals surface area contributed by atoms with Crippen LogP contribution in [0.15, 0.2) is 24.3 Å². The summed E-state index contributed by atoms with van der Waals surface area (Å²) in [5.41, 5.74) is 1.50. The van der Waals surface area contributed by atoms with Gasteiger partial charge in [-0.2, -0.15) is 0 Å². The third kappa shape index (κ3) is 4.35. The van der Waals surface area contributed by atoms with Gasteiger partial charge in [0, 0.05) is 6.54 Å². The van der Waals surface area contributed by atoms with Crippen molar-refractivity contribution in [1.29, 1.82) is 0 Å². The fourth-order valence-corrected chi connectivity index (χ4v) is 2.93. The van der Waals surface area contributed by atoms with Gasteiger partial charge in [-0.3, -0.25) is 0 Å². The van der Waals surface area contributed by atoms with E-state index in [4.69, 9.17) is 5.11 Å². The van der Waals surface area contributed by atoms with Gasteiger partial charge < -0.3 is 10.4 Å². The lowest BCUT2D eigenvalue weighted by Crippen LogP contribution is -2.26. The highest BCUT2D eigenvalue weighted by molar-refractivity contribution is 5.87. The smallest absolute Gasteiger partial charge is 0.335 e. The first-order valence-electron chi connectivity index (χ1n) is 7.18. The van der Waals surface area contributed by atoms with Crippen molar-refractivity contribution in [2.24, 2.45) is 11.8 Å². The van der Waals surface area contributed by atoms with Crippen molar-refractivity contribution in [3.8, 4) is 0 Å². The maximum Gasteiger partial charge on any atom is 0.335 e. The minimum absolute atomic E-state index is 0.352. The van der Waals surface area contributed by atoms with E-state index in [9.17, 15) is 4.79 Å². The fourth-order valence-electron chi connectivity index (χ4n) is 2.93. The Labute approximate surface area is 115 Å². The summed E-state index contributed by atoms with van der Waals surface area (Å²) in [5.74, 6) is 0.813. The summed E-state index contributed by atoms with van der Waals surface area (Å²) in [4.78, 5) is 10.7. The van der Waals surface area contributed by atoms with Crippen LogP contribution in [0.25, 0.3) is 0 Å². The molecule has 19 heavy (non-hydrogen) atoms. The normalized spacial score (nSPS) is 23.2. The quantitative estimate of drug-likeness (QED) is 0.855. The van der Waals surface area contributed by atoms with E-state index in [0.717, 1.165) is 30.5 Å². The van der Waals surface area contributed by atoms with Crippen molar-refractivity contribution < 1.29 is 9.90 Å². The fraction of sp³-hybridized carbons (Fsp3) is 0.562. The van der Waals surface area contributed by atoms with Crippen LogP contribution in [0.5, 0.6) is 0 Å². The number of benzene rings is 1. The Kier molecular flexibility index (Phi) is 4.97. The molecule has 1 saturated carbocycles. The first-order valence-corrected chi connectivity index (χ1v) is 7.18. The summed E-state index contributed by atoms with van der Waals surface area (Å²) in [7, 11) is 0. The maximum absolute atomic E-state index is 10.7. The Bertz CT molecular complexity index is 413. The van der Waals surface area contributed by atoms with Gasteiger partial charge in [-0.1, -0.05) is 31.9 Å². The second-order valence-electron chi connectivity index (χ2n) is 5.77. The molecule has 1 fully saturated rings. The molecule has 0 aromatic heterocycles. The number of carboxylic acid groups (broad SMARTS) is 1. The number of carboxylic acids is 1. The summed E-state index contributed by atoms with van der Waals surface area (Å²) in [6.07, 6.45) is 5.42. The summed E-state index contributed by atoms with van der Waals surface area (Å²) >= 11 is 0. The molecule has 0 aliphatic heterocycles. The molecule has 1 aliphatic rings. The monoisotopic (exact) mass is 261 g/mol. The van der Waals surface area contributed by atoms with Crippen LogP contribution in [-0.2, 0) is 6.54 Å². The molecule has 3 heteroatoms. The highest BCUT2D eigenvalue weighted by atomic mass is 16.4. The van der Waals surface area contributed by atoms with E-state index in [-0.39, 0.29) is 0 Å². The average molecular weight is 261 g/mol. The molecule has 0 heterocycles. The third-order valence-corrected chi connectivity index (χ3v) is 4.01. The van der Waals surface area contributed by atoms with Crippen LogP contribution in [-0.4, -0.2) is 17.6 Å². The number of hydrogen-bond acceptors (Lipinski definition) is 2. The second-order valence-corrected chi connectivity index (χ2v) is 5.77. The minimum Gasteiger partial charge on any atom is -0.478 e. The van der Waals surface area contributed by atoms with Gasteiger partial charge in [0.05, 0.1) is 5.56 Å². The Balaban J connectivity index is 1.74. The summed E-state index contributed by atoms with van der Waals surface area (Å²) in [5, 5.41) is 12.3. The molecule has 2 rings (SSSR count). The molecule has 0 saturated heterocycles. The number of nitrogens with one attached hydrogen (secondary N) is 1. The van der Waals surface area contributed by atoms with Crippen LogP contribution in [0.4, 0.5) is 0 Å². The molecule has 0 radical (unpaired) electrons. The summed E-state index contributed by atoms with van der Waals surface area (Å²) in [6.45, 7) is 4.24. The standard InChI is InChI=1S/C16H23NO2/c1-12-3-2-4-14(9-12)11-17-10-13-5-7-15(8-6-13)16(18)19/h5-8,12,14,17H,2-4,9-11H2,1H3,(H,18,19). The molecule has 2 unspecified atom stereocenters. The van der Waals surface area contributed by atoms with Gasteiger partial charge in [-0.15, -0.1) is 0 Å². The maximum atomic E-state index is 10.7. The van der Waals surface area contributed by atoms with Gasteiger partial charge in [-0.25, -0.2) is 4.79 Å². The molecule has 1 aliphatic carbocycles. The van der Waals surface area contributed by atoms with Crippen LogP contribution in [0.1, 0.15) is 48.5 Å². The lowest BCUT2D eigenvalue weighted by molar-refractivity contribution is 0.0697. The largest absolute Gasteiger partial charge is 0.478 e. The van der Waals surface area contributed by atoms with Gasteiger partial charge in [-0.05, 0) is 48.9 Å². The van der Waals surface area contributed by atoms with E-state index in [1.165, 1.54) is 25.7 Å². The number of hydrogen-bond donors (Lipinski definition) is 2. The molecule has 1 aromatic rings. The van der Waals surface area contributed by atoms with Crippen molar-refractivity contribution in [2.75, 3.05) is 6.54 Å². The van der Waals surface area contributed by atoms with Crippen molar-refractivity contribution in [3.63, 3.8) is 0 Å². The Morgan fingerprint density at radius 1 is 1.32 bits per heavy atom. The lowest BCUT2D eigenvalue weighted by atomic mass is 9.82. The summed E-state index contributed by atoms with van der Waals surface area (Å²) < 4.78 is 0. The Morgan fingerprint density at radius 3 is 2.68 bits per heavy atom. The van der Waals surface area contributed by atoms with E-state index in [1.54, 1.807) is 12.1 Å². The molecular formula is C16H23NO2. The van der Waals surface area contributed by atoms with Crippen LogP contribution in [0.3, 0.4) is 0 Å². The van der Waals surface area contributed by atoms with Gasteiger partial charge >= 0.3 is 5.97 Å². The predicted molar refractivity (Wildman–Crippen MR) is 76.2 cm³/mol. The van der Waals surface area contributed by atoms with Gasteiger partial charge in [0.25, 0.3) is 0 Å². The van der Waals surface area contributed by atoms with Gasteiger partial charge in [0.2, 0.25) is 0 Å². The number of carbonyl (C=O) groups is 1. The second kappa shape index (κ2) is 6.71. The lowest BCUT2D eigenvalue weighted by Gasteiger charge is -2.26. The molecule has 0 spiro atoms. The third-order valence-electron chi connectivity index (χ3n) is 4.01. The number of rotatable bonds is 5. The Hall–Kier alpha value is -1.35. The average Bonchev–Trinajstić information content (AvgIpc) is 2.39. The van der Waals surface area contributed by atoms with E-state index in [2.05, 4.69) is 12.2 Å².